The number of thioether (sulfide) groups is 1. The van der Waals surface area contributed by atoms with Crippen LogP contribution in [0.3, 0.4) is 0 Å². The highest BCUT2D eigenvalue weighted by molar-refractivity contribution is 7.99. The van der Waals surface area contributed by atoms with Crippen molar-refractivity contribution in [1.82, 2.24) is 0 Å². The maximum atomic E-state index is 12.0. The number of Topliss-reactive ketones (excluding diaryl/α,β-unsaturated/α-hetero) is 1. The minimum absolute atomic E-state index is 0.209. The highest BCUT2D eigenvalue weighted by Crippen LogP contribution is 2.25. The first-order valence-corrected chi connectivity index (χ1v) is 7.03. The van der Waals surface area contributed by atoms with E-state index in [0.29, 0.717) is 12.3 Å². The van der Waals surface area contributed by atoms with Crippen LogP contribution in [-0.4, -0.2) is 17.4 Å². The van der Waals surface area contributed by atoms with Gasteiger partial charge in [0, 0.05) is 22.8 Å². The topological polar surface area (TPSA) is 17.1 Å². The molecule has 88 valence electrons. The van der Waals surface area contributed by atoms with Gasteiger partial charge < -0.3 is 0 Å². The molecule has 0 saturated carbocycles. The maximum absolute atomic E-state index is 12.0. The van der Waals surface area contributed by atoms with Gasteiger partial charge in [0.15, 0.2) is 5.78 Å². The summed E-state index contributed by atoms with van der Waals surface area (Å²) in [4.78, 5) is 13.1. The van der Waals surface area contributed by atoms with Gasteiger partial charge in [-0.05, 0) is 31.2 Å². The number of hydrogen-bond donors (Lipinski definition) is 0. The molecule has 3 heteroatoms. The Balaban J connectivity index is 2.90. The van der Waals surface area contributed by atoms with Crippen LogP contribution in [0, 0.1) is 6.92 Å². The van der Waals surface area contributed by atoms with Crippen LogP contribution in [0.1, 0.15) is 35.7 Å². The summed E-state index contributed by atoms with van der Waals surface area (Å²) in [7, 11) is 0. The zero-order valence-electron chi connectivity index (χ0n) is 9.75. The van der Waals surface area contributed by atoms with Gasteiger partial charge in [0.25, 0.3) is 0 Å². The molecule has 1 rings (SSSR count). The van der Waals surface area contributed by atoms with Crippen LogP contribution in [0.5, 0.6) is 0 Å². The van der Waals surface area contributed by atoms with Gasteiger partial charge in [-0.15, -0.1) is 23.4 Å². The van der Waals surface area contributed by atoms with Crippen molar-refractivity contribution in [1.29, 1.82) is 0 Å². The SMILES string of the molecule is CCSc1ccc(C)cc1C(=O)CCCCl. The van der Waals surface area contributed by atoms with Gasteiger partial charge in [0.2, 0.25) is 0 Å². The molecule has 0 spiro atoms. The predicted molar refractivity (Wildman–Crippen MR) is 71.9 cm³/mol. The molecular weight excluding hydrogens is 240 g/mol. The Kier molecular flexibility index (Phi) is 5.93. The normalized spacial score (nSPS) is 10.4. The Morgan fingerprint density at radius 2 is 2.19 bits per heavy atom. The summed E-state index contributed by atoms with van der Waals surface area (Å²) in [5.74, 6) is 1.74. The molecule has 0 aliphatic carbocycles. The summed E-state index contributed by atoms with van der Waals surface area (Å²) < 4.78 is 0. The Labute approximate surface area is 107 Å². The Bertz CT molecular complexity index is 363. The number of alkyl halides is 1. The lowest BCUT2D eigenvalue weighted by atomic mass is 10.0. The number of benzene rings is 1. The number of hydrogen-bond acceptors (Lipinski definition) is 2. The van der Waals surface area contributed by atoms with E-state index in [1.165, 1.54) is 0 Å². The van der Waals surface area contributed by atoms with Crippen molar-refractivity contribution in [2.45, 2.75) is 31.6 Å². The minimum atomic E-state index is 0.209. The van der Waals surface area contributed by atoms with E-state index in [0.717, 1.165) is 28.2 Å². The van der Waals surface area contributed by atoms with Crippen LogP contribution in [-0.2, 0) is 0 Å². The second kappa shape index (κ2) is 6.97. The monoisotopic (exact) mass is 256 g/mol. The van der Waals surface area contributed by atoms with Crippen molar-refractivity contribution >= 4 is 29.1 Å². The Morgan fingerprint density at radius 1 is 1.44 bits per heavy atom. The molecule has 0 bridgehead atoms. The van der Waals surface area contributed by atoms with E-state index in [1.54, 1.807) is 11.8 Å². The highest BCUT2D eigenvalue weighted by atomic mass is 35.5. The number of rotatable bonds is 6. The van der Waals surface area contributed by atoms with Crippen LogP contribution >= 0.6 is 23.4 Å². The van der Waals surface area contributed by atoms with Gasteiger partial charge in [-0.3, -0.25) is 4.79 Å². The van der Waals surface area contributed by atoms with Gasteiger partial charge in [0.1, 0.15) is 0 Å². The average molecular weight is 257 g/mol. The van der Waals surface area contributed by atoms with Crippen molar-refractivity contribution < 1.29 is 4.79 Å². The zero-order chi connectivity index (χ0) is 12.0. The predicted octanol–water partition coefficient (Wildman–Crippen LogP) is 4.31. The second-order valence-electron chi connectivity index (χ2n) is 3.65. The fourth-order valence-electron chi connectivity index (χ4n) is 1.51. The molecule has 0 aromatic heterocycles. The van der Waals surface area contributed by atoms with Crippen LogP contribution < -0.4 is 0 Å². The smallest absolute Gasteiger partial charge is 0.164 e. The van der Waals surface area contributed by atoms with Crippen LogP contribution in [0.2, 0.25) is 0 Å². The summed E-state index contributed by atoms with van der Waals surface area (Å²) in [5.41, 5.74) is 1.99. The lowest BCUT2D eigenvalue weighted by molar-refractivity contribution is 0.0979. The lowest BCUT2D eigenvalue weighted by Crippen LogP contribution is -2.02. The van der Waals surface area contributed by atoms with E-state index in [2.05, 4.69) is 13.0 Å². The van der Waals surface area contributed by atoms with Crippen molar-refractivity contribution in [3.8, 4) is 0 Å². The first-order chi connectivity index (χ1) is 7.69. The lowest BCUT2D eigenvalue weighted by Gasteiger charge is -2.08. The largest absolute Gasteiger partial charge is 0.294 e. The molecule has 0 fully saturated rings. The van der Waals surface area contributed by atoms with Gasteiger partial charge >= 0.3 is 0 Å². The Morgan fingerprint density at radius 3 is 2.81 bits per heavy atom. The van der Waals surface area contributed by atoms with Crippen LogP contribution in [0.25, 0.3) is 0 Å². The highest BCUT2D eigenvalue weighted by Gasteiger charge is 2.11. The van der Waals surface area contributed by atoms with Crippen molar-refractivity contribution in [3.63, 3.8) is 0 Å². The summed E-state index contributed by atoms with van der Waals surface area (Å²) in [5, 5.41) is 0. The molecule has 0 saturated heterocycles. The molecule has 0 aliphatic rings. The molecule has 1 aromatic rings. The third-order valence-electron chi connectivity index (χ3n) is 2.27. The summed E-state index contributed by atoms with van der Waals surface area (Å²) in [6.07, 6.45) is 1.30. The molecule has 0 heterocycles. The number of halogens is 1. The standard InChI is InChI=1S/C13H17ClOS/c1-3-16-13-7-6-10(2)9-11(13)12(15)5-4-8-14/h6-7,9H,3-5,8H2,1-2H3. The van der Waals surface area contributed by atoms with E-state index < -0.39 is 0 Å². The molecule has 16 heavy (non-hydrogen) atoms. The molecule has 0 unspecified atom stereocenters. The summed E-state index contributed by atoms with van der Waals surface area (Å²) in [6, 6.07) is 6.07. The average Bonchev–Trinajstić information content (AvgIpc) is 2.28. The van der Waals surface area contributed by atoms with Crippen molar-refractivity contribution in [3.05, 3.63) is 29.3 Å². The third kappa shape index (κ3) is 3.84. The van der Waals surface area contributed by atoms with E-state index in [4.69, 9.17) is 11.6 Å². The molecule has 0 atom stereocenters. The molecule has 1 aromatic carbocycles. The van der Waals surface area contributed by atoms with Gasteiger partial charge in [-0.2, -0.15) is 0 Å². The maximum Gasteiger partial charge on any atom is 0.164 e. The quantitative estimate of drug-likeness (QED) is 0.429. The molecule has 0 aliphatic heterocycles. The van der Waals surface area contributed by atoms with Gasteiger partial charge in [-0.1, -0.05) is 18.6 Å². The number of carbonyl (C=O) groups is 1. The first kappa shape index (κ1) is 13.6. The summed E-state index contributed by atoms with van der Waals surface area (Å²) in [6.45, 7) is 4.11. The minimum Gasteiger partial charge on any atom is -0.294 e. The first-order valence-electron chi connectivity index (χ1n) is 5.51. The third-order valence-corrected chi connectivity index (χ3v) is 3.50. The van der Waals surface area contributed by atoms with Crippen LogP contribution in [0.4, 0.5) is 0 Å². The van der Waals surface area contributed by atoms with E-state index in [9.17, 15) is 4.79 Å². The number of carbonyl (C=O) groups excluding carboxylic acids is 1. The van der Waals surface area contributed by atoms with Gasteiger partial charge in [0.05, 0.1) is 0 Å². The molecule has 0 radical (unpaired) electrons. The second-order valence-corrected chi connectivity index (χ2v) is 5.33. The Hall–Kier alpha value is -0.470. The fourth-order valence-corrected chi connectivity index (χ4v) is 2.44. The fraction of sp³-hybridized carbons (Fsp3) is 0.462. The van der Waals surface area contributed by atoms with E-state index in [-0.39, 0.29) is 5.78 Å². The number of aryl methyl sites for hydroxylation is 1. The van der Waals surface area contributed by atoms with E-state index >= 15 is 0 Å². The van der Waals surface area contributed by atoms with E-state index in [1.807, 2.05) is 19.1 Å². The molecule has 0 N–H and O–H groups in total. The molecule has 1 nitrogen and oxygen atoms in total. The zero-order valence-corrected chi connectivity index (χ0v) is 11.3. The van der Waals surface area contributed by atoms with Gasteiger partial charge in [-0.25, -0.2) is 0 Å². The molecular formula is C13H17ClOS. The van der Waals surface area contributed by atoms with Crippen LogP contribution in [0.15, 0.2) is 23.1 Å². The van der Waals surface area contributed by atoms with Crippen molar-refractivity contribution in [2.24, 2.45) is 0 Å². The number of ketones is 1. The van der Waals surface area contributed by atoms with Crippen molar-refractivity contribution in [2.75, 3.05) is 11.6 Å². The molecule has 0 amide bonds. The summed E-state index contributed by atoms with van der Waals surface area (Å²) >= 11 is 7.33.